The van der Waals surface area contributed by atoms with Crippen LogP contribution in [0.15, 0.2) is 18.2 Å². The highest BCUT2D eigenvalue weighted by molar-refractivity contribution is 6.11. The molecular weight excluding hydrogens is 216 g/mol. The van der Waals surface area contributed by atoms with Gasteiger partial charge in [0.15, 0.2) is 5.78 Å². The van der Waals surface area contributed by atoms with Crippen LogP contribution in [0.5, 0.6) is 5.75 Å². The molecule has 0 atom stereocenters. The lowest BCUT2D eigenvalue weighted by Gasteiger charge is -2.03. The van der Waals surface area contributed by atoms with E-state index in [0.29, 0.717) is 11.3 Å². The lowest BCUT2D eigenvalue weighted by atomic mass is 10.0. The lowest BCUT2D eigenvalue weighted by Crippen LogP contribution is -1.99. The largest absolute Gasteiger partial charge is 0.496 e. The van der Waals surface area contributed by atoms with E-state index in [4.69, 9.17) is 10.00 Å². The fourth-order valence-corrected chi connectivity index (χ4v) is 2.02. The molecule has 2 rings (SSSR count). The molecule has 0 aliphatic rings. The predicted molar refractivity (Wildman–Crippen MR) is 64.1 cm³/mol. The van der Waals surface area contributed by atoms with Gasteiger partial charge in [-0.3, -0.25) is 4.79 Å². The molecule has 0 aliphatic heterocycles. The maximum atomic E-state index is 11.9. The number of ketones is 1. The summed E-state index contributed by atoms with van der Waals surface area (Å²) in [5, 5.41) is 9.37. The third-order valence-electron chi connectivity index (χ3n) is 2.71. The topological polar surface area (TPSA) is 65.9 Å². The summed E-state index contributed by atoms with van der Waals surface area (Å²) in [7, 11) is 1.57. The van der Waals surface area contributed by atoms with Crippen LogP contribution in [0.4, 0.5) is 0 Å². The first kappa shape index (κ1) is 11.2. The number of carbonyl (C=O) groups excluding carboxylic acids is 1. The molecule has 1 aromatic heterocycles. The van der Waals surface area contributed by atoms with Gasteiger partial charge in [0, 0.05) is 5.69 Å². The number of benzene rings is 1. The van der Waals surface area contributed by atoms with Crippen molar-refractivity contribution in [1.82, 2.24) is 4.98 Å². The number of rotatable bonds is 3. The Morgan fingerprint density at radius 3 is 2.94 bits per heavy atom. The Bertz CT molecular complexity index is 620. The van der Waals surface area contributed by atoms with Gasteiger partial charge in [-0.1, -0.05) is 6.07 Å². The SMILES string of the molecule is COc1cccc2[nH]c(C)c(C(=O)CC#N)c12. The second-order valence-corrected chi connectivity index (χ2v) is 3.77. The highest BCUT2D eigenvalue weighted by Crippen LogP contribution is 2.31. The van der Waals surface area contributed by atoms with Gasteiger partial charge < -0.3 is 9.72 Å². The Balaban J connectivity index is 2.73. The van der Waals surface area contributed by atoms with E-state index >= 15 is 0 Å². The highest BCUT2D eigenvalue weighted by Gasteiger charge is 2.18. The molecule has 2 aromatic rings. The zero-order valence-corrected chi connectivity index (χ0v) is 9.70. The minimum absolute atomic E-state index is 0.119. The van der Waals surface area contributed by atoms with Crippen molar-refractivity contribution in [2.75, 3.05) is 7.11 Å². The smallest absolute Gasteiger partial charge is 0.179 e. The van der Waals surface area contributed by atoms with Crippen molar-refractivity contribution in [3.8, 4) is 11.8 Å². The number of nitriles is 1. The van der Waals surface area contributed by atoms with Crippen LogP contribution in [0.1, 0.15) is 22.5 Å². The van der Waals surface area contributed by atoms with Crippen molar-refractivity contribution in [3.05, 3.63) is 29.5 Å². The Morgan fingerprint density at radius 1 is 1.53 bits per heavy atom. The fraction of sp³-hybridized carbons (Fsp3) is 0.231. The second-order valence-electron chi connectivity index (χ2n) is 3.77. The molecule has 17 heavy (non-hydrogen) atoms. The monoisotopic (exact) mass is 228 g/mol. The highest BCUT2D eigenvalue weighted by atomic mass is 16.5. The average molecular weight is 228 g/mol. The number of H-pyrrole nitrogens is 1. The van der Waals surface area contributed by atoms with Crippen LogP contribution >= 0.6 is 0 Å². The first-order chi connectivity index (χ1) is 8.19. The molecule has 0 radical (unpaired) electrons. The molecule has 1 N–H and O–H groups in total. The van der Waals surface area contributed by atoms with Gasteiger partial charge in [-0.15, -0.1) is 0 Å². The van der Waals surface area contributed by atoms with E-state index < -0.39 is 0 Å². The van der Waals surface area contributed by atoms with Gasteiger partial charge in [-0.2, -0.15) is 5.26 Å². The maximum Gasteiger partial charge on any atom is 0.179 e. The Morgan fingerprint density at radius 2 is 2.29 bits per heavy atom. The van der Waals surface area contributed by atoms with Gasteiger partial charge >= 0.3 is 0 Å². The van der Waals surface area contributed by atoms with Crippen LogP contribution in [0.25, 0.3) is 10.9 Å². The number of aryl methyl sites for hydroxylation is 1. The molecule has 1 heterocycles. The minimum Gasteiger partial charge on any atom is -0.496 e. The molecule has 0 fully saturated rings. The average Bonchev–Trinajstić information content (AvgIpc) is 2.65. The lowest BCUT2D eigenvalue weighted by molar-refractivity contribution is 0.0998. The second kappa shape index (κ2) is 4.30. The van der Waals surface area contributed by atoms with Crippen LogP contribution in [-0.4, -0.2) is 17.9 Å². The van der Waals surface area contributed by atoms with E-state index in [9.17, 15) is 4.79 Å². The number of carbonyl (C=O) groups is 1. The van der Waals surface area contributed by atoms with E-state index in [2.05, 4.69) is 4.98 Å². The summed E-state index contributed by atoms with van der Waals surface area (Å²) < 4.78 is 5.25. The van der Waals surface area contributed by atoms with Crippen molar-refractivity contribution in [2.45, 2.75) is 13.3 Å². The fourth-order valence-electron chi connectivity index (χ4n) is 2.02. The third-order valence-corrected chi connectivity index (χ3v) is 2.71. The van der Waals surface area contributed by atoms with E-state index in [0.717, 1.165) is 16.6 Å². The van der Waals surface area contributed by atoms with Crippen molar-refractivity contribution >= 4 is 16.7 Å². The maximum absolute atomic E-state index is 11.9. The number of aromatic amines is 1. The van der Waals surface area contributed by atoms with Crippen LogP contribution in [-0.2, 0) is 0 Å². The summed E-state index contributed by atoms with van der Waals surface area (Å²) in [5.74, 6) is 0.467. The summed E-state index contributed by atoms with van der Waals surface area (Å²) in [6.45, 7) is 1.82. The van der Waals surface area contributed by atoms with Crippen LogP contribution in [0.3, 0.4) is 0 Å². The van der Waals surface area contributed by atoms with Crippen molar-refractivity contribution in [3.63, 3.8) is 0 Å². The first-order valence-electron chi connectivity index (χ1n) is 5.24. The first-order valence-corrected chi connectivity index (χ1v) is 5.24. The van der Waals surface area contributed by atoms with E-state index in [1.165, 1.54) is 0 Å². The number of fused-ring (bicyclic) bond motifs is 1. The third kappa shape index (κ3) is 1.76. The zero-order valence-electron chi connectivity index (χ0n) is 9.70. The van der Waals surface area contributed by atoms with Gasteiger partial charge in [-0.25, -0.2) is 0 Å². The molecule has 0 aliphatic carbocycles. The summed E-state index contributed by atoms with van der Waals surface area (Å²) in [5.41, 5.74) is 2.17. The molecular formula is C13H12N2O2. The number of hydrogen-bond acceptors (Lipinski definition) is 3. The summed E-state index contributed by atoms with van der Waals surface area (Å²) in [4.78, 5) is 15.0. The molecule has 0 bridgehead atoms. The Kier molecular flexibility index (Phi) is 2.84. The van der Waals surface area contributed by atoms with Gasteiger partial charge in [0.25, 0.3) is 0 Å². The molecule has 86 valence electrons. The van der Waals surface area contributed by atoms with E-state index in [1.54, 1.807) is 13.2 Å². The number of aromatic nitrogens is 1. The van der Waals surface area contributed by atoms with Gasteiger partial charge in [0.05, 0.1) is 36.1 Å². The predicted octanol–water partition coefficient (Wildman–Crippen LogP) is 2.58. The molecule has 0 saturated carbocycles. The quantitative estimate of drug-likeness (QED) is 0.821. The molecule has 0 unspecified atom stereocenters. The molecule has 0 spiro atoms. The molecule has 4 heteroatoms. The van der Waals surface area contributed by atoms with Gasteiger partial charge in [-0.05, 0) is 19.1 Å². The van der Waals surface area contributed by atoms with Gasteiger partial charge in [0.1, 0.15) is 5.75 Å². The normalized spacial score (nSPS) is 10.2. The minimum atomic E-state index is -0.180. The zero-order chi connectivity index (χ0) is 12.4. The van der Waals surface area contributed by atoms with E-state index in [1.807, 2.05) is 25.1 Å². The Hall–Kier alpha value is -2.28. The van der Waals surface area contributed by atoms with E-state index in [-0.39, 0.29) is 12.2 Å². The number of nitrogens with one attached hydrogen (secondary N) is 1. The molecule has 4 nitrogen and oxygen atoms in total. The van der Waals surface area contributed by atoms with Crippen LogP contribution in [0, 0.1) is 18.3 Å². The number of nitrogens with zero attached hydrogens (tertiary/aromatic N) is 1. The molecule has 0 amide bonds. The number of methoxy groups -OCH3 is 1. The summed E-state index contributed by atoms with van der Waals surface area (Å²) >= 11 is 0. The molecule has 0 saturated heterocycles. The number of hydrogen-bond donors (Lipinski definition) is 1. The number of ether oxygens (including phenoxy) is 1. The summed E-state index contributed by atoms with van der Waals surface area (Å²) in [6.07, 6.45) is -0.119. The van der Waals surface area contributed by atoms with Crippen molar-refractivity contribution in [1.29, 1.82) is 5.26 Å². The van der Waals surface area contributed by atoms with Crippen molar-refractivity contribution < 1.29 is 9.53 Å². The number of Topliss-reactive ketones (excluding diaryl/α,β-unsaturated/α-hetero) is 1. The van der Waals surface area contributed by atoms with Crippen LogP contribution < -0.4 is 4.74 Å². The Labute approximate surface area is 98.8 Å². The standard InChI is InChI=1S/C13H12N2O2/c1-8-12(10(16)6-7-14)13-9(15-8)4-3-5-11(13)17-2/h3-5,15H,6H2,1-2H3. The van der Waals surface area contributed by atoms with Crippen LogP contribution in [0.2, 0.25) is 0 Å². The van der Waals surface area contributed by atoms with Crippen molar-refractivity contribution in [2.24, 2.45) is 0 Å². The molecule has 1 aromatic carbocycles. The summed E-state index contributed by atoms with van der Waals surface area (Å²) in [6, 6.07) is 7.42. The van der Waals surface area contributed by atoms with Gasteiger partial charge in [0.2, 0.25) is 0 Å².